The second-order valence-corrected chi connectivity index (χ2v) is 9.26. The van der Waals surface area contributed by atoms with Crippen LogP contribution in [0.4, 0.5) is 0 Å². The van der Waals surface area contributed by atoms with Crippen LogP contribution in [0.1, 0.15) is 61.0 Å². The lowest BCUT2D eigenvalue weighted by Crippen LogP contribution is -2.40. The van der Waals surface area contributed by atoms with Crippen LogP contribution in [0.5, 0.6) is 0 Å². The van der Waals surface area contributed by atoms with Gasteiger partial charge in [-0.1, -0.05) is 26.0 Å². The number of nitrogens with zero attached hydrogens (tertiary/aromatic N) is 1. The van der Waals surface area contributed by atoms with E-state index in [0.29, 0.717) is 18.4 Å². The molecule has 6 heteroatoms. The molecule has 1 aromatic rings. The Hall–Kier alpha value is -2.21. The maximum atomic E-state index is 12.3. The fourth-order valence-corrected chi connectivity index (χ4v) is 4.75. The van der Waals surface area contributed by atoms with Crippen LogP contribution in [-0.2, 0) is 22.4 Å². The Kier molecular flexibility index (Phi) is 7.64. The van der Waals surface area contributed by atoms with Crippen LogP contribution in [0, 0.1) is 17.8 Å². The van der Waals surface area contributed by atoms with Crippen molar-refractivity contribution in [2.45, 2.75) is 52.4 Å². The molecule has 0 atom stereocenters. The Morgan fingerprint density at radius 2 is 1.67 bits per heavy atom. The first-order chi connectivity index (χ1) is 14.3. The van der Waals surface area contributed by atoms with Crippen LogP contribution >= 0.6 is 0 Å². The van der Waals surface area contributed by atoms with Gasteiger partial charge in [0.15, 0.2) is 5.78 Å². The third-order valence-electron chi connectivity index (χ3n) is 6.67. The molecule has 1 heterocycles. The average Bonchev–Trinajstić information content (AvgIpc) is 2.94. The summed E-state index contributed by atoms with van der Waals surface area (Å²) in [6, 6.07) is 6.27. The number of fused-ring (bicyclic) bond motifs is 1. The van der Waals surface area contributed by atoms with Crippen molar-refractivity contribution in [3.8, 4) is 0 Å². The van der Waals surface area contributed by atoms with Crippen molar-refractivity contribution in [1.82, 2.24) is 10.2 Å². The molecule has 164 valence electrons. The van der Waals surface area contributed by atoms with E-state index < -0.39 is 11.8 Å². The van der Waals surface area contributed by atoms with Crippen molar-refractivity contribution < 1.29 is 14.4 Å². The Balaban J connectivity index is 1.46. The lowest BCUT2D eigenvalue weighted by atomic mass is 9.81. The summed E-state index contributed by atoms with van der Waals surface area (Å²) in [6.45, 7) is 7.68. The molecule has 6 nitrogen and oxygen atoms in total. The molecule has 2 aliphatic rings. The quantitative estimate of drug-likeness (QED) is 0.553. The van der Waals surface area contributed by atoms with E-state index in [1.807, 2.05) is 19.9 Å². The molecule has 0 aromatic heterocycles. The van der Waals surface area contributed by atoms with E-state index in [2.05, 4.69) is 22.3 Å². The zero-order valence-corrected chi connectivity index (χ0v) is 18.3. The zero-order chi connectivity index (χ0) is 21.7. The molecule has 0 radical (unpaired) electrons. The van der Waals surface area contributed by atoms with Gasteiger partial charge in [0.05, 0.1) is 0 Å². The number of carbonyl (C=O) groups excluding carboxylic acids is 3. The van der Waals surface area contributed by atoms with Crippen molar-refractivity contribution in [3.05, 3.63) is 34.9 Å². The van der Waals surface area contributed by atoms with Gasteiger partial charge in [-0.2, -0.15) is 0 Å². The van der Waals surface area contributed by atoms with Gasteiger partial charge < -0.3 is 16.0 Å². The van der Waals surface area contributed by atoms with E-state index in [1.54, 1.807) is 0 Å². The summed E-state index contributed by atoms with van der Waals surface area (Å²) in [7, 11) is 0. The minimum atomic E-state index is -0.911. The second kappa shape index (κ2) is 10.2. The molecule has 1 aliphatic heterocycles. The highest BCUT2D eigenvalue weighted by atomic mass is 16.2. The number of carbonyl (C=O) groups is 3. The molecule has 1 aromatic carbocycles. The Bertz CT molecular complexity index is 782. The van der Waals surface area contributed by atoms with E-state index in [1.165, 1.54) is 11.1 Å². The van der Waals surface area contributed by atoms with E-state index in [4.69, 9.17) is 5.73 Å². The SMILES string of the molecule is CC(C)C(=O)c1ccc2c(c1)CCN(CC1CCC(CNC(=O)C(N)=O)CC1)CC2. The van der Waals surface area contributed by atoms with Gasteiger partial charge in [-0.25, -0.2) is 0 Å². The molecule has 0 spiro atoms. The normalized spacial score (nSPS) is 22.2. The van der Waals surface area contributed by atoms with Gasteiger partial charge in [0.2, 0.25) is 0 Å². The highest BCUT2D eigenvalue weighted by Gasteiger charge is 2.25. The average molecular weight is 414 g/mol. The summed E-state index contributed by atoms with van der Waals surface area (Å²) < 4.78 is 0. The number of rotatable bonds is 6. The third kappa shape index (κ3) is 5.91. The number of hydrogen-bond acceptors (Lipinski definition) is 4. The molecule has 2 amide bonds. The van der Waals surface area contributed by atoms with Gasteiger partial charge in [-0.15, -0.1) is 0 Å². The molecule has 3 N–H and O–H groups in total. The van der Waals surface area contributed by atoms with E-state index >= 15 is 0 Å². The number of primary amides is 1. The van der Waals surface area contributed by atoms with Crippen LogP contribution in [0.2, 0.25) is 0 Å². The van der Waals surface area contributed by atoms with Crippen molar-refractivity contribution in [1.29, 1.82) is 0 Å². The van der Waals surface area contributed by atoms with Crippen molar-refractivity contribution in [3.63, 3.8) is 0 Å². The maximum absolute atomic E-state index is 12.3. The fourth-order valence-electron chi connectivity index (χ4n) is 4.75. The topological polar surface area (TPSA) is 92.5 Å². The van der Waals surface area contributed by atoms with Gasteiger partial charge in [0, 0.05) is 37.7 Å². The van der Waals surface area contributed by atoms with Crippen molar-refractivity contribution in [2.75, 3.05) is 26.2 Å². The van der Waals surface area contributed by atoms with Crippen LogP contribution in [0.15, 0.2) is 18.2 Å². The fraction of sp³-hybridized carbons (Fsp3) is 0.625. The summed E-state index contributed by atoms with van der Waals surface area (Å²) in [5.74, 6) is -0.208. The second-order valence-electron chi connectivity index (χ2n) is 9.26. The zero-order valence-electron chi connectivity index (χ0n) is 18.3. The number of ketones is 1. The summed E-state index contributed by atoms with van der Waals surface area (Å²) in [4.78, 5) is 37.0. The predicted molar refractivity (Wildman–Crippen MR) is 117 cm³/mol. The first-order valence-electron chi connectivity index (χ1n) is 11.3. The molecule has 1 saturated carbocycles. The van der Waals surface area contributed by atoms with Crippen LogP contribution in [0.3, 0.4) is 0 Å². The maximum Gasteiger partial charge on any atom is 0.309 e. The standard InChI is InChI=1S/C24H35N3O3/c1-16(2)22(28)21-8-7-19-9-11-27(12-10-20(19)13-21)15-18-5-3-17(4-6-18)14-26-24(30)23(25)29/h7-8,13,16-18H,3-6,9-12,14-15H2,1-2H3,(H2,25,29)(H,26,30). The predicted octanol–water partition coefficient (Wildman–Crippen LogP) is 2.33. The Labute approximate surface area is 179 Å². The van der Waals surface area contributed by atoms with Crippen molar-refractivity contribution >= 4 is 17.6 Å². The molecule has 0 unspecified atom stereocenters. The van der Waals surface area contributed by atoms with Crippen molar-refractivity contribution in [2.24, 2.45) is 23.5 Å². The first kappa shape index (κ1) is 22.5. The number of benzene rings is 1. The van der Waals surface area contributed by atoms with E-state index in [-0.39, 0.29) is 11.7 Å². The first-order valence-corrected chi connectivity index (χ1v) is 11.3. The number of hydrogen-bond donors (Lipinski definition) is 2. The van der Waals surface area contributed by atoms with Gasteiger partial charge in [0.25, 0.3) is 0 Å². The number of amides is 2. The van der Waals surface area contributed by atoms with Gasteiger partial charge in [-0.05, 0) is 67.6 Å². The summed E-state index contributed by atoms with van der Waals surface area (Å²) >= 11 is 0. The number of nitrogens with two attached hydrogens (primary N) is 1. The molecule has 0 saturated heterocycles. The number of nitrogens with one attached hydrogen (secondary N) is 1. The monoisotopic (exact) mass is 413 g/mol. The Morgan fingerprint density at radius 1 is 1.03 bits per heavy atom. The Morgan fingerprint density at radius 3 is 2.30 bits per heavy atom. The van der Waals surface area contributed by atoms with Crippen LogP contribution < -0.4 is 11.1 Å². The highest BCUT2D eigenvalue weighted by Crippen LogP contribution is 2.30. The number of Topliss-reactive ketones (excluding diaryl/α,β-unsaturated/α-hetero) is 1. The smallest absolute Gasteiger partial charge is 0.309 e. The lowest BCUT2D eigenvalue weighted by molar-refractivity contribution is -0.137. The molecule has 1 aliphatic carbocycles. The minimum absolute atomic E-state index is 0.0320. The highest BCUT2D eigenvalue weighted by molar-refractivity contribution is 6.34. The molecule has 0 bridgehead atoms. The summed E-state index contributed by atoms with van der Waals surface area (Å²) in [5.41, 5.74) is 8.54. The molecular weight excluding hydrogens is 378 g/mol. The molecule has 30 heavy (non-hydrogen) atoms. The lowest BCUT2D eigenvalue weighted by Gasteiger charge is -2.32. The summed E-state index contributed by atoms with van der Waals surface area (Å²) in [6.07, 6.45) is 6.53. The molecule has 3 rings (SSSR count). The molecule has 1 fully saturated rings. The third-order valence-corrected chi connectivity index (χ3v) is 6.67. The van der Waals surface area contributed by atoms with Crippen LogP contribution in [-0.4, -0.2) is 48.7 Å². The van der Waals surface area contributed by atoms with Crippen LogP contribution in [0.25, 0.3) is 0 Å². The van der Waals surface area contributed by atoms with E-state index in [9.17, 15) is 14.4 Å². The van der Waals surface area contributed by atoms with E-state index in [0.717, 1.165) is 63.7 Å². The largest absolute Gasteiger partial charge is 0.361 e. The molecular formula is C24H35N3O3. The van der Waals surface area contributed by atoms with Gasteiger partial charge in [-0.3, -0.25) is 14.4 Å². The summed E-state index contributed by atoms with van der Waals surface area (Å²) in [5, 5.41) is 2.64. The minimum Gasteiger partial charge on any atom is -0.361 e. The van der Waals surface area contributed by atoms with Gasteiger partial charge >= 0.3 is 11.8 Å². The van der Waals surface area contributed by atoms with Gasteiger partial charge in [0.1, 0.15) is 0 Å².